The highest BCUT2D eigenvalue weighted by molar-refractivity contribution is 5.96. The van der Waals surface area contributed by atoms with Crippen LogP contribution >= 0.6 is 0 Å². The smallest absolute Gasteiger partial charge is 0.331 e. The lowest BCUT2D eigenvalue weighted by Gasteiger charge is -2.38. The van der Waals surface area contributed by atoms with Crippen LogP contribution in [0.4, 0.5) is 0 Å². The van der Waals surface area contributed by atoms with Gasteiger partial charge in [0.2, 0.25) is 0 Å². The zero-order valence-corrected chi connectivity index (χ0v) is 20.2. The maximum absolute atomic E-state index is 13.6. The predicted molar refractivity (Wildman–Crippen MR) is 136 cm³/mol. The number of aromatic nitrogens is 3. The minimum absolute atomic E-state index is 0.293. The molecule has 6 heteroatoms. The Hall–Kier alpha value is -3.64. The van der Waals surface area contributed by atoms with Gasteiger partial charge in [-0.3, -0.25) is 13.9 Å². The molecular formula is C28H29N3O3. The van der Waals surface area contributed by atoms with Gasteiger partial charge in [-0.15, -0.1) is 0 Å². The first kappa shape index (κ1) is 22.2. The van der Waals surface area contributed by atoms with E-state index in [9.17, 15) is 9.59 Å². The molecule has 3 heterocycles. The lowest BCUT2D eigenvalue weighted by atomic mass is 10.00. The molecule has 0 bridgehead atoms. The molecule has 0 amide bonds. The van der Waals surface area contributed by atoms with Crippen LogP contribution in [0, 0.1) is 6.92 Å². The summed E-state index contributed by atoms with van der Waals surface area (Å²) >= 11 is 0. The Morgan fingerprint density at radius 3 is 2.44 bits per heavy atom. The summed E-state index contributed by atoms with van der Waals surface area (Å²) in [7, 11) is 3.26. The third-order valence-electron chi connectivity index (χ3n) is 6.65. The molecule has 5 rings (SSSR count). The first-order valence-electron chi connectivity index (χ1n) is 11.5. The van der Waals surface area contributed by atoms with Gasteiger partial charge in [0.05, 0.1) is 34.4 Å². The van der Waals surface area contributed by atoms with E-state index in [2.05, 4.69) is 24.5 Å². The monoisotopic (exact) mass is 455 g/mol. The number of benzene rings is 2. The maximum Gasteiger partial charge on any atom is 0.331 e. The van der Waals surface area contributed by atoms with Crippen LogP contribution in [-0.4, -0.2) is 20.3 Å². The lowest BCUT2D eigenvalue weighted by Crippen LogP contribution is -2.39. The molecule has 174 valence electrons. The molecular weight excluding hydrogens is 426 g/mol. The molecule has 4 aromatic rings. The summed E-state index contributed by atoms with van der Waals surface area (Å²) in [6.07, 6.45) is 3.63. The molecule has 0 fully saturated rings. The van der Waals surface area contributed by atoms with Gasteiger partial charge in [-0.1, -0.05) is 60.2 Å². The molecule has 0 aliphatic carbocycles. The second kappa shape index (κ2) is 7.99. The summed E-state index contributed by atoms with van der Waals surface area (Å²) in [5, 5.41) is 0.543. The van der Waals surface area contributed by atoms with E-state index < -0.39 is 11.6 Å². The van der Waals surface area contributed by atoms with Crippen molar-refractivity contribution in [2.24, 2.45) is 14.1 Å². The van der Waals surface area contributed by atoms with E-state index in [0.29, 0.717) is 17.5 Å². The van der Waals surface area contributed by atoms with Crippen molar-refractivity contribution in [2.75, 3.05) is 6.61 Å². The van der Waals surface area contributed by atoms with E-state index >= 15 is 0 Å². The molecule has 0 saturated heterocycles. The van der Waals surface area contributed by atoms with Crippen LogP contribution in [0.5, 0.6) is 0 Å². The van der Waals surface area contributed by atoms with Gasteiger partial charge in [-0.25, -0.2) is 4.79 Å². The summed E-state index contributed by atoms with van der Waals surface area (Å²) < 4.78 is 11.3. The Morgan fingerprint density at radius 1 is 1.00 bits per heavy atom. The van der Waals surface area contributed by atoms with Crippen molar-refractivity contribution in [3.63, 3.8) is 0 Å². The van der Waals surface area contributed by atoms with Crippen molar-refractivity contribution in [2.45, 2.75) is 32.4 Å². The molecule has 0 spiro atoms. The second-order valence-electron chi connectivity index (χ2n) is 9.68. The van der Waals surface area contributed by atoms with Crippen LogP contribution in [0.15, 0.2) is 70.3 Å². The highest BCUT2D eigenvalue weighted by Crippen LogP contribution is 2.44. The van der Waals surface area contributed by atoms with Crippen molar-refractivity contribution < 1.29 is 4.74 Å². The van der Waals surface area contributed by atoms with Gasteiger partial charge in [0.1, 0.15) is 6.10 Å². The predicted octanol–water partition coefficient (Wildman–Crippen LogP) is 4.53. The zero-order chi connectivity index (χ0) is 24.2. The van der Waals surface area contributed by atoms with E-state index in [1.165, 1.54) is 11.6 Å². The van der Waals surface area contributed by atoms with Crippen molar-refractivity contribution in [3.8, 4) is 11.3 Å². The normalized spacial score (nSPS) is 17.4. The van der Waals surface area contributed by atoms with Gasteiger partial charge in [-0.05, 0) is 44.0 Å². The Kier molecular flexibility index (Phi) is 5.21. The van der Waals surface area contributed by atoms with E-state index in [0.717, 1.165) is 28.1 Å². The molecule has 0 N–H and O–H groups in total. The van der Waals surface area contributed by atoms with E-state index in [1.54, 1.807) is 11.6 Å². The summed E-state index contributed by atoms with van der Waals surface area (Å²) in [6, 6.07) is 18.2. The minimum Gasteiger partial charge on any atom is -0.365 e. The number of nitrogens with zero attached hydrogens (tertiary/aromatic N) is 3. The molecule has 1 aliphatic rings. The Morgan fingerprint density at radius 2 is 1.74 bits per heavy atom. The largest absolute Gasteiger partial charge is 0.365 e. The van der Waals surface area contributed by atoms with Crippen molar-refractivity contribution in [3.05, 3.63) is 98.3 Å². The minimum atomic E-state index is -0.425. The van der Waals surface area contributed by atoms with Gasteiger partial charge < -0.3 is 9.30 Å². The maximum atomic E-state index is 13.6. The van der Waals surface area contributed by atoms with Gasteiger partial charge in [0.25, 0.3) is 5.56 Å². The summed E-state index contributed by atoms with van der Waals surface area (Å²) in [5.74, 6) is 0. The first-order chi connectivity index (χ1) is 16.2. The molecule has 1 atom stereocenters. The first-order valence-corrected chi connectivity index (χ1v) is 11.5. The molecule has 2 aromatic heterocycles. The molecule has 34 heavy (non-hydrogen) atoms. The fourth-order valence-electron chi connectivity index (χ4n) is 5.00. The van der Waals surface area contributed by atoms with Crippen molar-refractivity contribution >= 4 is 17.0 Å². The van der Waals surface area contributed by atoms with Crippen LogP contribution in [-0.2, 0) is 24.4 Å². The van der Waals surface area contributed by atoms with Crippen LogP contribution in [0.3, 0.4) is 0 Å². The van der Waals surface area contributed by atoms with E-state index in [4.69, 9.17) is 4.74 Å². The molecule has 6 nitrogen and oxygen atoms in total. The number of hydrogen-bond donors (Lipinski definition) is 0. The Bertz CT molecular complexity index is 1550. The van der Waals surface area contributed by atoms with Gasteiger partial charge in [-0.2, -0.15) is 0 Å². The second-order valence-corrected chi connectivity index (χ2v) is 9.68. The topological polar surface area (TPSA) is 58.2 Å². The van der Waals surface area contributed by atoms with Gasteiger partial charge in [0, 0.05) is 14.1 Å². The number of hydrogen-bond acceptors (Lipinski definition) is 3. The van der Waals surface area contributed by atoms with E-state index in [-0.39, 0.29) is 11.2 Å². The number of fused-ring (bicyclic) bond motifs is 3. The third-order valence-corrected chi connectivity index (χ3v) is 6.65. The fraction of sp³-hybridized carbons (Fsp3) is 0.286. The van der Waals surface area contributed by atoms with Crippen LogP contribution in [0.2, 0.25) is 0 Å². The van der Waals surface area contributed by atoms with E-state index in [1.807, 2.05) is 67.6 Å². The van der Waals surface area contributed by atoms with Gasteiger partial charge >= 0.3 is 5.69 Å². The van der Waals surface area contributed by atoms with Crippen LogP contribution in [0.25, 0.3) is 28.2 Å². The third kappa shape index (κ3) is 3.37. The summed E-state index contributed by atoms with van der Waals surface area (Å²) in [6.45, 7) is 6.72. The number of rotatable bonds is 3. The molecule has 2 aromatic carbocycles. The highest BCUT2D eigenvalue weighted by Gasteiger charge is 2.39. The van der Waals surface area contributed by atoms with Crippen LogP contribution < -0.4 is 11.2 Å². The fourth-order valence-corrected chi connectivity index (χ4v) is 5.00. The number of aryl methyl sites for hydroxylation is 2. The Balaban J connectivity index is 1.91. The SMILES string of the molecule is Cc1cccc(-c2c3c(=O)n(C)c(=O)n(C)c3c3n2C(C)(C)CO[C@@H]3/C=C/c2ccccc2)c1. The molecule has 0 radical (unpaired) electrons. The molecule has 1 aliphatic heterocycles. The van der Waals surface area contributed by atoms with Crippen molar-refractivity contribution in [1.29, 1.82) is 0 Å². The summed E-state index contributed by atoms with van der Waals surface area (Å²) in [4.78, 5) is 26.6. The standard InChI is InChI=1S/C28H29N3O3/c1-18-10-9-13-20(16-18)23-22-25(29(4)27(33)30(5)26(22)32)24-21(34-17-28(2,3)31(23)24)15-14-19-11-7-6-8-12-19/h6-16,21H,17H2,1-5H3/b15-14+/t21-/m1/s1. The molecule has 0 saturated carbocycles. The Labute approximate surface area is 198 Å². The summed E-state index contributed by atoms with van der Waals surface area (Å²) in [5.41, 5.74) is 4.33. The van der Waals surface area contributed by atoms with Crippen molar-refractivity contribution in [1.82, 2.24) is 13.7 Å². The molecule has 0 unspecified atom stereocenters. The quantitative estimate of drug-likeness (QED) is 0.456. The lowest BCUT2D eigenvalue weighted by molar-refractivity contribution is -0.00302. The highest BCUT2D eigenvalue weighted by atomic mass is 16.5. The average Bonchev–Trinajstić information content (AvgIpc) is 3.19. The zero-order valence-electron chi connectivity index (χ0n) is 20.2. The van der Waals surface area contributed by atoms with Gasteiger partial charge in [0.15, 0.2) is 0 Å². The average molecular weight is 456 g/mol. The number of ether oxygens (including phenoxy) is 1. The van der Waals surface area contributed by atoms with Crippen LogP contribution in [0.1, 0.15) is 36.8 Å².